The van der Waals surface area contributed by atoms with E-state index in [0.717, 1.165) is 36.7 Å². The van der Waals surface area contributed by atoms with E-state index in [1.165, 1.54) is 7.11 Å². The molecular formula is C13H21N3O2. The lowest BCUT2D eigenvalue weighted by Gasteiger charge is -2.18. The summed E-state index contributed by atoms with van der Waals surface area (Å²) in [6.45, 7) is 4.74. The smallest absolute Gasteiger partial charge is 0.305 e. The highest BCUT2D eigenvalue weighted by Crippen LogP contribution is 2.12. The maximum Gasteiger partial charge on any atom is 0.305 e. The first-order valence-corrected chi connectivity index (χ1v) is 6.19. The Morgan fingerprint density at radius 1 is 1.44 bits per heavy atom. The summed E-state index contributed by atoms with van der Waals surface area (Å²) in [6.07, 6.45) is 2.09. The lowest BCUT2D eigenvalue weighted by Crippen LogP contribution is -2.21. The van der Waals surface area contributed by atoms with Crippen molar-refractivity contribution in [1.29, 1.82) is 0 Å². The van der Waals surface area contributed by atoms with Gasteiger partial charge >= 0.3 is 5.97 Å². The molecule has 1 aromatic heterocycles. The summed E-state index contributed by atoms with van der Waals surface area (Å²) in [7, 11) is 3.38. The quantitative estimate of drug-likeness (QED) is 0.721. The molecule has 1 heterocycles. The van der Waals surface area contributed by atoms with E-state index in [9.17, 15) is 4.79 Å². The molecule has 0 N–H and O–H groups in total. The van der Waals surface area contributed by atoms with Crippen molar-refractivity contribution in [3.05, 3.63) is 17.6 Å². The SMILES string of the molecule is CCc1cc(N(C)CCCC(=O)OC)nc(C)n1. The number of methoxy groups -OCH3 is 1. The van der Waals surface area contributed by atoms with Gasteiger partial charge in [-0.2, -0.15) is 0 Å². The van der Waals surface area contributed by atoms with Crippen molar-refractivity contribution in [2.75, 3.05) is 25.6 Å². The van der Waals surface area contributed by atoms with Crippen LogP contribution in [-0.4, -0.2) is 36.6 Å². The third-order valence-corrected chi connectivity index (χ3v) is 2.73. The Morgan fingerprint density at radius 3 is 2.78 bits per heavy atom. The van der Waals surface area contributed by atoms with Gasteiger partial charge in [-0.1, -0.05) is 6.92 Å². The fraction of sp³-hybridized carbons (Fsp3) is 0.615. The molecule has 0 aromatic carbocycles. The number of aryl methyl sites for hydroxylation is 2. The second kappa shape index (κ2) is 6.93. The molecule has 0 aliphatic heterocycles. The zero-order valence-electron chi connectivity index (χ0n) is 11.6. The Kier molecular flexibility index (Phi) is 5.55. The van der Waals surface area contributed by atoms with Crippen molar-refractivity contribution < 1.29 is 9.53 Å². The maximum atomic E-state index is 11.0. The standard InChI is InChI=1S/C13H21N3O2/c1-5-11-9-12(15-10(2)14-11)16(3)8-6-7-13(17)18-4/h9H,5-8H2,1-4H3. The van der Waals surface area contributed by atoms with Gasteiger partial charge < -0.3 is 9.64 Å². The largest absolute Gasteiger partial charge is 0.469 e. The number of aromatic nitrogens is 2. The molecule has 5 heteroatoms. The number of hydrogen-bond donors (Lipinski definition) is 0. The van der Waals surface area contributed by atoms with E-state index in [1.54, 1.807) is 0 Å². The first kappa shape index (κ1) is 14.4. The summed E-state index contributed by atoms with van der Waals surface area (Å²) in [5.74, 6) is 1.52. The van der Waals surface area contributed by atoms with Crippen LogP contribution in [0.25, 0.3) is 0 Å². The van der Waals surface area contributed by atoms with Crippen molar-refractivity contribution >= 4 is 11.8 Å². The van der Waals surface area contributed by atoms with E-state index in [-0.39, 0.29) is 5.97 Å². The highest BCUT2D eigenvalue weighted by atomic mass is 16.5. The van der Waals surface area contributed by atoms with Gasteiger partial charge in [-0.25, -0.2) is 9.97 Å². The van der Waals surface area contributed by atoms with Crippen LogP contribution in [0.3, 0.4) is 0 Å². The molecule has 0 atom stereocenters. The van der Waals surface area contributed by atoms with Crippen LogP contribution < -0.4 is 4.90 Å². The summed E-state index contributed by atoms with van der Waals surface area (Å²) in [6, 6.07) is 1.99. The molecule has 0 radical (unpaired) electrons. The molecule has 0 fully saturated rings. The number of ether oxygens (including phenoxy) is 1. The van der Waals surface area contributed by atoms with Gasteiger partial charge in [-0.3, -0.25) is 4.79 Å². The fourth-order valence-corrected chi connectivity index (χ4v) is 1.67. The van der Waals surface area contributed by atoms with Gasteiger partial charge in [0.05, 0.1) is 7.11 Å². The second-order valence-electron chi connectivity index (χ2n) is 4.22. The van der Waals surface area contributed by atoms with E-state index in [1.807, 2.05) is 24.9 Å². The molecule has 5 nitrogen and oxygen atoms in total. The fourth-order valence-electron chi connectivity index (χ4n) is 1.67. The number of anilines is 1. The lowest BCUT2D eigenvalue weighted by molar-refractivity contribution is -0.140. The minimum Gasteiger partial charge on any atom is -0.469 e. The van der Waals surface area contributed by atoms with E-state index in [0.29, 0.717) is 6.42 Å². The van der Waals surface area contributed by atoms with Crippen molar-refractivity contribution in [3.8, 4) is 0 Å². The molecule has 0 saturated heterocycles. The number of rotatable bonds is 6. The first-order chi connectivity index (χ1) is 8.56. The van der Waals surface area contributed by atoms with Gasteiger partial charge in [0, 0.05) is 31.8 Å². The summed E-state index contributed by atoms with van der Waals surface area (Å²) in [5.41, 5.74) is 1.04. The molecule has 0 aliphatic rings. The van der Waals surface area contributed by atoms with Gasteiger partial charge in [-0.15, -0.1) is 0 Å². The van der Waals surface area contributed by atoms with Gasteiger partial charge in [0.25, 0.3) is 0 Å². The van der Waals surface area contributed by atoms with Crippen LogP contribution in [-0.2, 0) is 16.0 Å². The molecule has 0 bridgehead atoms. The minimum absolute atomic E-state index is 0.170. The van der Waals surface area contributed by atoms with E-state index >= 15 is 0 Å². The van der Waals surface area contributed by atoms with Crippen LogP contribution in [0.4, 0.5) is 5.82 Å². The predicted octanol–water partition coefficient (Wildman–Crippen LogP) is 1.74. The summed E-state index contributed by atoms with van der Waals surface area (Å²) in [5, 5.41) is 0. The molecule has 0 spiro atoms. The second-order valence-corrected chi connectivity index (χ2v) is 4.22. The molecule has 1 rings (SSSR count). The summed E-state index contributed by atoms with van der Waals surface area (Å²) < 4.78 is 4.61. The van der Waals surface area contributed by atoms with Gasteiger partial charge in [0.1, 0.15) is 11.6 Å². The maximum absolute atomic E-state index is 11.0. The van der Waals surface area contributed by atoms with Crippen molar-refractivity contribution in [2.24, 2.45) is 0 Å². The Hall–Kier alpha value is -1.65. The number of carbonyl (C=O) groups is 1. The van der Waals surface area contributed by atoms with E-state index in [2.05, 4.69) is 21.6 Å². The zero-order chi connectivity index (χ0) is 13.5. The Balaban J connectivity index is 2.58. The van der Waals surface area contributed by atoms with Gasteiger partial charge in [0.2, 0.25) is 0 Å². The normalized spacial score (nSPS) is 10.2. The van der Waals surface area contributed by atoms with E-state index < -0.39 is 0 Å². The topological polar surface area (TPSA) is 55.3 Å². The predicted molar refractivity (Wildman–Crippen MR) is 70.7 cm³/mol. The highest BCUT2D eigenvalue weighted by Gasteiger charge is 2.07. The monoisotopic (exact) mass is 251 g/mol. The number of esters is 1. The number of hydrogen-bond acceptors (Lipinski definition) is 5. The molecule has 0 unspecified atom stereocenters. The summed E-state index contributed by atoms with van der Waals surface area (Å²) >= 11 is 0. The highest BCUT2D eigenvalue weighted by molar-refractivity contribution is 5.69. The van der Waals surface area contributed by atoms with Crippen LogP contribution >= 0.6 is 0 Å². The van der Waals surface area contributed by atoms with Crippen LogP contribution in [0.1, 0.15) is 31.3 Å². The average Bonchev–Trinajstić information content (AvgIpc) is 2.37. The van der Waals surface area contributed by atoms with Crippen molar-refractivity contribution in [3.63, 3.8) is 0 Å². The summed E-state index contributed by atoms with van der Waals surface area (Å²) in [4.78, 5) is 21.8. The zero-order valence-corrected chi connectivity index (χ0v) is 11.6. The van der Waals surface area contributed by atoms with Crippen molar-refractivity contribution in [2.45, 2.75) is 33.1 Å². The molecule has 100 valence electrons. The number of nitrogens with zero attached hydrogens (tertiary/aromatic N) is 3. The molecule has 0 saturated carbocycles. The molecule has 18 heavy (non-hydrogen) atoms. The average molecular weight is 251 g/mol. The Labute approximate surface area is 108 Å². The third-order valence-electron chi connectivity index (χ3n) is 2.73. The Bertz CT molecular complexity index is 407. The third kappa shape index (κ3) is 4.31. The Morgan fingerprint density at radius 2 is 2.17 bits per heavy atom. The van der Waals surface area contributed by atoms with Gasteiger partial charge in [0.15, 0.2) is 0 Å². The number of carbonyl (C=O) groups excluding carboxylic acids is 1. The van der Waals surface area contributed by atoms with Crippen LogP contribution in [0.2, 0.25) is 0 Å². The molecule has 1 aromatic rings. The molecular weight excluding hydrogens is 230 g/mol. The lowest BCUT2D eigenvalue weighted by atomic mass is 10.2. The van der Waals surface area contributed by atoms with Crippen LogP contribution in [0, 0.1) is 6.92 Å². The van der Waals surface area contributed by atoms with Crippen LogP contribution in [0.5, 0.6) is 0 Å². The minimum atomic E-state index is -0.170. The van der Waals surface area contributed by atoms with Crippen molar-refractivity contribution in [1.82, 2.24) is 9.97 Å². The van der Waals surface area contributed by atoms with Crippen LogP contribution in [0.15, 0.2) is 6.07 Å². The first-order valence-electron chi connectivity index (χ1n) is 6.19. The molecule has 0 amide bonds. The van der Waals surface area contributed by atoms with E-state index in [4.69, 9.17) is 0 Å². The molecule has 0 aliphatic carbocycles. The van der Waals surface area contributed by atoms with Gasteiger partial charge in [-0.05, 0) is 19.8 Å².